The third-order valence-electron chi connectivity index (χ3n) is 5.34. The van der Waals surface area contributed by atoms with Crippen molar-refractivity contribution in [3.8, 4) is 6.07 Å². The predicted octanol–water partition coefficient (Wildman–Crippen LogP) is 5.28. The second-order valence-electron chi connectivity index (χ2n) is 7.48. The molecule has 0 fully saturated rings. The lowest BCUT2D eigenvalue weighted by Crippen LogP contribution is -2.31. The van der Waals surface area contributed by atoms with Crippen LogP contribution in [0.5, 0.6) is 0 Å². The van der Waals surface area contributed by atoms with E-state index in [1.54, 1.807) is 12.1 Å². The van der Waals surface area contributed by atoms with Crippen molar-refractivity contribution in [1.82, 2.24) is 5.32 Å². The maximum atomic E-state index is 13.1. The third kappa shape index (κ3) is 4.72. The number of Topliss-reactive ketones (excluding diaryl/α,β-unsaturated/α-hetero) is 1. The number of dihydropyridines is 1. The summed E-state index contributed by atoms with van der Waals surface area (Å²) in [6.07, 6.45) is 1.89. The number of rotatable bonds is 5. The Morgan fingerprint density at radius 1 is 1.19 bits per heavy atom. The van der Waals surface area contributed by atoms with Crippen LogP contribution in [-0.2, 0) is 9.59 Å². The van der Waals surface area contributed by atoms with Gasteiger partial charge in [-0.3, -0.25) is 9.59 Å². The summed E-state index contributed by atoms with van der Waals surface area (Å²) in [6.45, 7) is 0. The summed E-state index contributed by atoms with van der Waals surface area (Å²) in [5.41, 5.74) is 3.13. The van der Waals surface area contributed by atoms with Crippen LogP contribution in [0.3, 0.4) is 0 Å². The number of hydrogen-bond acceptors (Lipinski definition) is 5. The van der Waals surface area contributed by atoms with Crippen molar-refractivity contribution in [3.63, 3.8) is 0 Å². The van der Waals surface area contributed by atoms with Gasteiger partial charge in [-0.15, -0.1) is 0 Å². The fourth-order valence-electron chi connectivity index (χ4n) is 3.89. The van der Waals surface area contributed by atoms with Crippen LogP contribution in [0.1, 0.15) is 30.7 Å². The number of nitrogens with one attached hydrogen (secondary N) is 2. The van der Waals surface area contributed by atoms with Crippen molar-refractivity contribution in [2.24, 2.45) is 0 Å². The second-order valence-corrected chi connectivity index (χ2v) is 8.90. The minimum atomic E-state index is -0.496. The molecule has 1 aliphatic carbocycles. The summed E-state index contributed by atoms with van der Waals surface area (Å²) in [5.74, 6) is -1.08. The summed E-state index contributed by atoms with van der Waals surface area (Å²) in [7, 11) is 0. The average molecular weight is 468 g/mol. The number of carbonyl (C=O) groups excluding carboxylic acids is 2. The van der Waals surface area contributed by atoms with Gasteiger partial charge in [0, 0.05) is 28.4 Å². The molecule has 162 valence electrons. The van der Waals surface area contributed by atoms with E-state index in [2.05, 4.69) is 16.7 Å². The van der Waals surface area contributed by atoms with Crippen molar-refractivity contribution in [3.05, 3.63) is 86.8 Å². The predicted molar refractivity (Wildman–Crippen MR) is 123 cm³/mol. The Labute approximate surface area is 194 Å². The van der Waals surface area contributed by atoms with Crippen LogP contribution in [0.15, 0.2) is 70.4 Å². The van der Waals surface area contributed by atoms with E-state index in [1.807, 2.05) is 12.1 Å². The fourth-order valence-corrected chi connectivity index (χ4v) is 4.88. The van der Waals surface area contributed by atoms with Crippen molar-refractivity contribution >= 4 is 40.7 Å². The van der Waals surface area contributed by atoms with Gasteiger partial charge in [0.1, 0.15) is 5.82 Å². The van der Waals surface area contributed by atoms with Crippen LogP contribution in [0, 0.1) is 17.1 Å². The van der Waals surface area contributed by atoms with E-state index in [4.69, 9.17) is 11.6 Å². The molecule has 0 radical (unpaired) electrons. The number of anilines is 1. The van der Waals surface area contributed by atoms with Crippen molar-refractivity contribution in [2.45, 2.75) is 25.2 Å². The molecule has 1 aliphatic heterocycles. The van der Waals surface area contributed by atoms with Crippen molar-refractivity contribution in [2.75, 3.05) is 11.1 Å². The van der Waals surface area contributed by atoms with Gasteiger partial charge >= 0.3 is 0 Å². The van der Waals surface area contributed by atoms with Gasteiger partial charge in [0.25, 0.3) is 0 Å². The second kappa shape index (κ2) is 9.60. The number of carbonyl (C=O) groups is 2. The van der Waals surface area contributed by atoms with Crippen LogP contribution < -0.4 is 10.6 Å². The first kappa shape index (κ1) is 22.1. The molecule has 0 aromatic heterocycles. The van der Waals surface area contributed by atoms with Gasteiger partial charge < -0.3 is 10.6 Å². The first-order chi connectivity index (χ1) is 15.5. The van der Waals surface area contributed by atoms with Gasteiger partial charge in [0.2, 0.25) is 5.91 Å². The highest BCUT2D eigenvalue weighted by molar-refractivity contribution is 8.03. The molecular weight excluding hydrogens is 449 g/mol. The standard InChI is InChI=1S/C24H19ClFN3O2S/c25-15-6-4-14(5-7-15)22-18(12-27)24(29-19-2-1-3-20(30)23(19)22)32-13-21(31)28-17-10-8-16(26)9-11-17/h4-11,22,29H,1-3,13H2,(H,28,31). The normalized spacial score (nSPS) is 18.0. The number of thioether (sulfide) groups is 1. The molecule has 0 spiro atoms. The Morgan fingerprint density at radius 2 is 1.91 bits per heavy atom. The first-order valence-electron chi connectivity index (χ1n) is 10.1. The van der Waals surface area contributed by atoms with Crippen LogP contribution >= 0.6 is 23.4 Å². The Bertz CT molecular complexity index is 1170. The fraction of sp³-hybridized carbons (Fsp3) is 0.208. The lowest BCUT2D eigenvalue weighted by Gasteiger charge is -2.33. The molecule has 4 rings (SSSR count). The third-order valence-corrected chi connectivity index (χ3v) is 6.61. The maximum Gasteiger partial charge on any atom is 0.234 e. The molecule has 32 heavy (non-hydrogen) atoms. The number of amides is 1. The minimum absolute atomic E-state index is 0.0320. The number of halogens is 2. The minimum Gasteiger partial charge on any atom is -0.352 e. The Balaban J connectivity index is 1.60. The van der Waals surface area contributed by atoms with E-state index >= 15 is 0 Å². The highest BCUT2D eigenvalue weighted by atomic mass is 35.5. The molecule has 0 bridgehead atoms. The molecule has 8 heteroatoms. The topological polar surface area (TPSA) is 82.0 Å². The van der Waals surface area contributed by atoms with E-state index in [1.165, 1.54) is 36.0 Å². The van der Waals surface area contributed by atoms with Crippen molar-refractivity contribution < 1.29 is 14.0 Å². The zero-order chi connectivity index (χ0) is 22.7. The Kier molecular flexibility index (Phi) is 6.63. The van der Waals surface area contributed by atoms with E-state index < -0.39 is 5.92 Å². The first-order valence-corrected chi connectivity index (χ1v) is 11.4. The number of nitriles is 1. The number of nitrogens with zero attached hydrogens (tertiary/aromatic N) is 1. The molecule has 2 aliphatic rings. The zero-order valence-corrected chi connectivity index (χ0v) is 18.5. The number of allylic oxidation sites excluding steroid dienone is 3. The van der Waals surface area contributed by atoms with Crippen LogP contribution in [0.4, 0.5) is 10.1 Å². The summed E-state index contributed by atoms with van der Waals surface area (Å²) in [6, 6.07) is 14.9. The molecule has 2 aromatic carbocycles. The summed E-state index contributed by atoms with van der Waals surface area (Å²) in [4.78, 5) is 25.2. The highest BCUT2D eigenvalue weighted by Crippen LogP contribution is 2.44. The molecule has 2 N–H and O–H groups in total. The number of ketones is 1. The lowest BCUT2D eigenvalue weighted by molar-refractivity contribution is -0.116. The molecule has 0 saturated heterocycles. The van der Waals surface area contributed by atoms with E-state index in [9.17, 15) is 19.2 Å². The van der Waals surface area contributed by atoms with Gasteiger partial charge in [-0.1, -0.05) is 35.5 Å². The average Bonchev–Trinajstić information content (AvgIpc) is 2.79. The van der Waals surface area contributed by atoms with E-state index in [-0.39, 0.29) is 23.3 Å². The van der Waals surface area contributed by atoms with Gasteiger partial charge in [-0.2, -0.15) is 5.26 Å². The van der Waals surface area contributed by atoms with Crippen LogP contribution in [0.2, 0.25) is 5.02 Å². The molecular formula is C24H19ClFN3O2S. The summed E-state index contributed by atoms with van der Waals surface area (Å²) < 4.78 is 13.1. The molecule has 2 aromatic rings. The van der Waals surface area contributed by atoms with Gasteiger partial charge in [0.05, 0.1) is 28.3 Å². The molecule has 1 heterocycles. The number of hydrogen-bond donors (Lipinski definition) is 2. The SMILES string of the molecule is N#CC1=C(SCC(=O)Nc2ccc(F)cc2)NC2=C(C(=O)CCC2)C1c1ccc(Cl)cc1. The molecule has 0 saturated carbocycles. The molecule has 5 nitrogen and oxygen atoms in total. The van der Waals surface area contributed by atoms with Crippen LogP contribution in [-0.4, -0.2) is 17.4 Å². The van der Waals surface area contributed by atoms with Gasteiger partial charge in [0.15, 0.2) is 5.78 Å². The van der Waals surface area contributed by atoms with Crippen LogP contribution in [0.25, 0.3) is 0 Å². The number of benzene rings is 2. The molecule has 1 atom stereocenters. The smallest absolute Gasteiger partial charge is 0.234 e. The summed E-state index contributed by atoms with van der Waals surface area (Å²) >= 11 is 7.25. The zero-order valence-electron chi connectivity index (χ0n) is 17.0. The Morgan fingerprint density at radius 3 is 2.59 bits per heavy atom. The van der Waals surface area contributed by atoms with E-state index in [0.29, 0.717) is 39.7 Å². The molecule has 1 unspecified atom stereocenters. The largest absolute Gasteiger partial charge is 0.352 e. The van der Waals surface area contributed by atoms with Gasteiger partial charge in [-0.05, 0) is 54.8 Å². The lowest BCUT2D eigenvalue weighted by atomic mass is 9.77. The maximum absolute atomic E-state index is 13.1. The monoisotopic (exact) mass is 467 g/mol. The highest BCUT2D eigenvalue weighted by Gasteiger charge is 2.37. The molecule has 1 amide bonds. The van der Waals surface area contributed by atoms with Crippen molar-refractivity contribution in [1.29, 1.82) is 5.26 Å². The van der Waals surface area contributed by atoms with Gasteiger partial charge in [-0.25, -0.2) is 4.39 Å². The summed E-state index contributed by atoms with van der Waals surface area (Å²) in [5, 5.41) is 17.1. The quantitative estimate of drug-likeness (QED) is 0.625. The Hall–Kier alpha value is -3.08. The van der Waals surface area contributed by atoms with E-state index in [0.717, 1.165) is 17.7 Å².